The van der Waals surface area contributed by atoms with E-state index in [0.29, 0.717) is 0 Å². The third-order valence-electron chi connectivity index (χ3n) is 4.24. The van der Waals surface area contributed by atoms with Gasteiger partial charge in [-0.3, -0.25) is 0 Å². The van der Waals surface area contributed by atoms with Crippen LogP contribution < -0.4 is 4.74 Å². The summed E-state index contributed by atoms with van der Waals surface area (Å²) in [6.45, 7) is 0. The van der Waals surface area contributed by atoms with Crippen molar-refractivity contribution in [3.05, 3.63) is 29.8 Å². The van der Waals surface area contributed by atoms with Crippen LogP contribution in [0.3, 0.4) is 0 Å². The monoisotopic (exact) mass is 262 g/mol. The molecule has 0 aliphatic heterocycles. The normalized spacial score (nSPS) is 18.2. The van der Waals surface area contributed by atoms with Gasteiger partial charge in [-0.2, -0.15) is 0 Å². The van der Waals surface area contributed by atoms with Gasteiger partial charge in [-0.15, -0.1) is 0 Å². The summed E-state index contributed by atoms with van der Waals surface area (Å²) in [7, 11) is 1.68. The van der Waals surface area contributed by atoms with Crippen molar-refractivity contribution in [1.82, 2.24) is 0 Å². The van der Waals surface area contributed by atoms with Crippen LogP contribution in [-0.2, 0) is 6.42 Å². The fraction of sp³-hybridized carbons (Fsp3) is 0.647. The molecule has 0 heterocycles. The Morgan fingerprint density at radius 3 is 2.79 bits per heavy atom. The number of benzene rings is 1. The van der Waals surface area contributed by atoms with E-state index in [1.807, 2.05) is 18.2 Å². The van der Waals surface area contributed by atoms with E-state index in [9.17, 15) is 5.11 Å². The number of hydrogen-bond acceptors (Lipinski definition) is 2. The average Bonchev–Trinajstić information content (AvgIpc) is 2.46. The van der Waals surface area contributed by atoms with Crippen LogP contribution in [0, 0.1) is 5.92 Å². The van der Waals surface area contributed by atoms with Crippen LogP contribution in [0.25, 0.3) is 0 Å². The van der Waals surface area contributed by atoms with Crippen molar-refractivity contribution < 1.29 is 9.84 Å². The van der Waals surface area contributed by atoms with Gasteiger partial charge in [0.15, 0.2) is 0 Å². The summed E-state index contributed by atoms with van der Waals surface area (Å²) in [6.07, 6.45) is 9.55. The lowest BCUT2D eigenvalue weighted by atomic mass is 9.85. The zero-order chi connectivity index (χ0) is 13.5. The minimum Gasteiger partial charge on any atom is -0.497 e. The molecule has 2 nitrogen and oxygen atoms in total. The fourth-order valence-corrected chi connectivity index (χ4v) is 3.08. The Morgan fingerprint density at radius 1 is 1.26 bits per heavy atom. The Bertz CT molecular complexity index is 369. The van der Waals surface area contributed by atoms with E-state index < -0.39 is 0 Å². The smallest absolute Gasteiger partial charge is 0.119 e. The molecule has 1 atom stereocenters. The van der Waals surface area contributed by atoms with Gasteiger partial charge in [0.25, 0.3) is 0 Å². The SMILES string of the molecule is COc1cccc(CC(O)CCC2CCCCC2)c1. The highest BCUT2D eigenvalue weighted by atomic mass is 16.5. The lowest BCUT2D eigenvalue weighted by Gasteiger charge is -2.22. The predicted octanol–water partition coefficient (Wildman–Crippen LogP) is 3.96. The number of aliphatic hydroxyl groups excluding tert-OH is 1. The second-order valence-corrected chi connectivity index (χ2v) is 5.79. The first-order valence-corrected chi connectivity index (χ1v) is 7.59. The Labute approximate surface area is 116 Å². The third-order valence-corrected chi connectivity index (χ3v) is 4.24. The predicted molar refractivity (Wildman–Crippen MR) is 78.5 cm³/mol. The quantitative estimate of drug-likeness (QED) is 0.841. The molecule has 0 saturated heterocycles. The van der Waals surface area contributed by atoms with Crippen LogP contribution in [0.2, 0.25) is 0 Å². The maximum Gasteiger partial charge on any atom is 0.119 e. The van der Waals surface area contributed by atoms with Gasteiger partial charge < -0.3 is 9.84 Å². The summed E-state index contributed by atoms with van der Waals surface area (Å²) in [5.74, 6) is 1.73. The average molecular weight is 262 g/mol. The molecule has 19 heavy (non-hydrogen) atoms. The van der Waals surface area contributed by atoms with Crippen LogP contribution in [0.15, 0.2) is 24.3 Å². The topological polar surface area (TPSA) is 29.5 Å². The minimum atomic E-state index is -0.214. The van der Waals surface area contributed by atoms with Crippen molar-refractivity contribution >= 4 is 0 Å². The summed E-state index contributed by atoms with van der Waals surface area (Å²) >= 11 is 0. The molecule has 1 aliphatic rings. The van der Waals surface area contributed by atoms with Gasteiger partial charge in [0, 0.05) is 0 Å². The molecule has 0 bridgehead atoms. The lowest BCUT2D eigenvalue weighted by molar-refractivity contribution is 0.149. The molecule has 0 spiro atoms. The molecular weight excluding hydrogens is 236 g/mol. The van der Waals surface area contributed by atoms with E-state index >= 15 is 0 Å². The zero-order valence-corrected chi connectivity index (χ0v) is 12.0. The van der Waals surface area contributed by atoms with Gasteiger partial charge >= 0.3 is 0 Å². The van der Waals surface area contributed by atoms with Crippen LogP contribution >= 0.6 is 0 Å². The van der Waals surface area contributed by atoms with E-state index in [1.54, 1.807) is 7.11 Å². The largest absolute Gasteiger partial charge is 0.497 e. The first-order valence-electron chi connectivity index (χ1n) is 7.59. The zero-order valence-electron chi connectivity index (χ0n) is 12.0. The van der Waals surface area contributed by atoms with Crippen LogP contribution in [0.4, 0.5) is 0 Å². The number of aliphatic hydroxyl groups is 1. The molecule has 1 unspecified atom stereocenters. The molecule has 106 valence electrons. The maximum absolute atomic E-state index is 10.2. The summed E-state index contributed by atoms with van der Waals surface area (Å²) in [5.41, 5.74) is 1.16. The van der Waals surface area contributed by atoms with Crippen molar-refractivity contribution in [1.29, 1.82) is 0 Å². The molecule has 2 heteroatoms. The summed E-state index contributed by atoms with van der Waals surface area (Å²) in [6, 6.07) is 8.01. The van der Waals surface area contributed by atoms with E-state index in [1.165, 1.54) is 38.5 Å². The fourth-order valence-electron chi connectivity index (χ4n) is 3.08. The van der Waals surface area contributed by atoms with Crippen molar-refractivity contribution in [2.75, 3.05) is 7.11 Å². The van der Waals surface area contributed by atoms with Crippen LogP contribution in [-0.4, -0.2) is 18.3 Å². The van der Waals surface area contributed by atoms with Gasteiger partial charge in [-0.1, -0.05) is 44.2 Å². The number of hydrogen-bond donors (Lipinski definition) is 1. The lowest BCUT2D eigenvalue weighted by Crippen LogP contribution is -2.14. The summed E-state index contributed by atoms with van der Waals surface area (Å²) in [4.78, 5) is 0. The Hall–Kier alpha value is -1.02. The molecule has 1 N–H and O–H groups in total. The van der Waals surface area contributed by atoms with Crippen LogP contribution in [0.5, 0.6) is 5.75 Å². The highest BCUT2D eigenvalue weighted by Gasteiger charge is 2.15. The molecule has 0 amide bonds. The number of rotatable bonds is 6. The van der Waals surface area contributed by atoms with Crippen molar-refractivity contribution in [2.45, 2.75) is 57.5 Å². The van der Waals surface area contributed by atoms with E-state index in [-0.39, 0.29) is 6.10 Å². The maximum atomic E-state index is 10.2. The van der Waals surface area contributed by atoms with Crippen molar-refractivity contribution in [2.24, 2.45) is 5.92 Å². The summed E-state index contributed by atoms with van der Waals surface area (Å²) < 4.78 is 5.21. The molecule has 1 fully saturated rings. The van der Waals surface area contributed by atoms with Crippen molar-refractivity contribution in [3.8, 4) is 5.75 Å². The minimum absolute atomic E-state index is 0.214. The second-order valence-electron chi connectivity index (χ2n) is 5.79. The first kappa shape index (κ1) is 14.4. The Morgan fingerprint density at radius 2 is 2.05 bits per heavy atom. The van der Waals surface area contributed by atoms with Gasteiger partial charge in [-0.25, -0.2) is 0 Å². The molecule has 2 rings (SSSR count). The molecular formula is C17H26O2. The molecule has 1 aliphatic carbocycles. The second kappa shape index (κ2) is 7.54. The number of ether oxygens (including phenoxy) is 1. The Kier molecular flexibility index (Phi) is 5.71. The standard InChI is InChI=1S/C17H26O2/c1-19-17-9-5-8-15(13-17)12-16(18)11-10-14-6-3-2-4-7-14/h5,8-9,13-14,16,18H,2-4,6-7,10-12H2,1H3. The van der Waals surface area contributed by atoms with Gasteiger partial charge in [0.05, 0.1) is 13.2 Å². The highest BCUT2D eigenvalue weighted by Crippen LogP contribution is 2.28. The summed E-state index contributed by atoms with van der Waals surface area (Å²) in [5, 5.41) is 10.2. The molecule has 0 radical (unpaired) electrons. The van der Waals surface area contributed by atoms with E-state index in [2.05, 4.69) is 6.07 Å². The van der Waals surface area contributed by atoms with Crippen molar-refractivity contribution in [3.63, 3.8) is 0 Å². The number of methoxy groups -OCH3 is 1. The highest BCUT2D eigenvalue weighted by molar-refractivity contribution is 5.28. The third kappa shape index (κ3) is 4.87. The molecule has 1 saturated carbocycles. The van der Waals surface area contributed by atoms with E-state index in [0.717, 1.165) is 30.1 Å². The molecule has 1 aromatic carbocycles. The molecule has 0 aromatic heterocycles. The van der Waals surface area contributed by atoms with Crippen LogP contribution in [0.1, 0.15) is 50.5 Å². The van der Waals surface area contributed by atoms with Gasteiger partial charge in [-0.05, 0) is 42.9 Å². The first-order chi connectivity index (χ1) is 9.28. The van der Waals surface area contributed by atoms with E-state index in [4.69, 9.17) is 4.74 Å². The Balaban J connectivity index is 1.75. The molecule has 1 aromatic rings. The van der Waals surface area contributed by atoms with Gasteiger partial charge in [0.2, 0.25) is 0 Å². The van der Waals surface area contributed by atoms with Gasteiger partial charge in [0.1, 0.15) is 5.75 Å².